The Morgan fingerprint density at radius 3 is 1.30 bits per heavy atom. The molecule has 1 aromatic carbocycles. The predicted octanol–water partition coefficient (Wildman–Crippen LogP) is 4.01. The van der Waals surface area contributed by atoms with Crippen molar-refractivity contribution in [1.29, 1.82) is 5.26 Å². The van der Waals surface area contributed by atoms with Gasteiger partial charge < -0.3 is 55.9 Å². The summed E-state index contributed by atoms with van der Waals surface area (Å²) in [6.45, 7) is 7.68. The number of anilines is 4. The molecule has 0 aliphatic carbocycles. The van der Waals surface area contributed by atoms with Crippen molar-refractivity contribution in [2.45, 2.75) is 0 Å². The molecule has 8 rings (SSSR count). The Balaban J connectivity index is 0.00000193. The fourth-order valence-electron chi connectivity index (χ4n) is 5.54. The van der Waals surface area contributed by atoms with Crippen LogP contribution in [0, 0.1) is 62.3 Å². The first kappa shape index (κ1) is 32.4. The smallest absolute Gasteiger partial charge is 0.0112 e. The number of aromatic nitrogens is 3. The van der Waals surface area contributed by atoms with Gasteiger partial charge in [0.2, 0.25) is 0 Å². The normalized spacial score (nSPS) is 16.8. The Bertz CT molecular complexity index is 1880. The van der Waals surface area contributed by atoms with Gasteiger partial charge in [-0.3, -0.25) is 9.97 Å². The van der Waals surface area contributed by atoms with E-state index in [1.807, 2.05) is 161 Å². The molecule has 0 N–H and O–H groups in total. The van der Waals surface area contributed by atoms with Gasteiger partial charge in [-0.05, 0) is 83.9 Å². The quantitative estimate of drug-likeness (QED) is 0.217. The molecule has 4 aromatic rings. The van der Waals surface area contributed by atoms with Gasteiger partial charge in [0.25, 0.3) is 0 Å². The zero-order chi connectivity index (χ0) is 30.8. The number of fused-ring (bicyclic) bond motifs is 3. The van der Waals surface area contributed by atoms with Crippen LogP contribution >= 0.6 is 0 Å². The Morgan fingerprint density at radius 1 is 0.574 bits per heavy atom. The van der Waals surface area contributed by atoms with E-state index in [0.29, 0.717) is 34.3 Å². The molecule has 4 aliphatic rings. The van der Waals surface area contributed by atoms with Crippen molar-refractivity contribution in [3.8, 4) is 11.8 Å². The number of hydrogen-bond donors (Lipinski definition) is 0. The molecular weight excluding hydrogens is 777 g/mol. The monoisotopic (exact) mass is 802 g/mol. The van der Waals surface area contributed by atoms with E-state index in [1.165, 1.54) is 0 Å². The second-order valence-corrected chi connectivity index (χ2v) is 11.0. The SMILES string of the molecule is CN1C=CN(c2[c-]c3c(cn2)c2cnc(N4C=CN(C)[CH-]4)[c-]c2n3-c2[c-]c(N3C=CN(C)[CH-]3)c(C#N)c(N3C=CN(C)[CH-]3)[c-]2)[CH-]1.[Pd].[Pd]. The summed E-state index contributed by atoms with van der Waals surface area (Å²) < 4.78 is 2.02. The topological polar surface area (TPSA) is 80.4 Å². The van der Waals surface area contributed by atoms with E-state index in [0.717, 1.165) is 21.8 Å². The third kappa shape index (κ3) is 5.60. The molecule has 0 saturated heterocycles. The first-order valence-corrected chi connectivity index (χ1v) is 14.1. The number of benzene rings is 1. The zero-order valence-electron chi connectivity index (χ0n) is 25.6. The van der Waals surface area contributed by atoms with Gasteiger partial charge in [-0.25, -0.2) is 33.1 Å². The van der Waals surface area contributed by atoms with Gasteiger partial charge in [-0.1, -0.05) is 12.4 Å². The van der Waals surface area contributed by atoms with Crippen LogP contribution in [-0.4, -0.2) is 62.3 Å². The number of hydrogen-bond acceptors (Lipinski definition) is 11. The Hall–Kier alpha value is -4.51. The Kier molecular flexibility index (Phi) is 8.69. The van der Waals surface area contributed by atoms with E-state index in [4.69, 9.17) is 9.97 Å². The van der Waals surface area contributed by atoms with Crippen LogP contribution in [0.3, 0.4) is 0 Å². The molecule has 0 atom stereocenters. The molecule has 0 bridgehead atoms. The molecule has 4 aliphatic heterocycles. The van der Waals surface area contributed by atoms with E-state index >= 15 is 0 Å². The van der Waals surface area contributed by atoms with Gasteiger partial charge in [-0.15, -0.1) is 16.6 Å². The summed E-state index contributed by atoms with van der Waals surface area (Å²) in [6.07, 6.45) is 19.1. The molecule has 12 nitrogen and oxygen atoms in total. The molecule has 7 heterocycles. The minimum Gasteiger partial charge on any atom is -0.519 e. The molecule has 14 heteroatoms. The number of pyridine rings is 2. The molecule has 246 valence electrons. The summed E-state index contributed by atoms with van der Waals surface area (Å²) >= 11 is 0. The summed E-state index contributed by atoms with van der Waals surface area (Å²) in [7, 11) is 7.80. The van der Waals surface area contributed by atoms with Crippen molar-refractivity contribution in [3.05, 3.63) is 118 Å². The maximum absolute atomic E-state index is 10.5. The fourth-order valence-corrected chi connectivity index (χ4v) is 5.54. The Labute approximate surface area is 301 Å². The van der Waals surface area contributed by atoms with Crippen molar-refractivity contribution in [3.63, 3.8) is 0 Å². The number of rotatable bonds is 5. The first-order valence-electron chi connectivity index (χ1n) is 14.1. The van der Waals surface area contributed by atoms with E-state index in [2.05, 4.69) is 30.3 Å². The van der Waals surface area contributed by atoms with Crippen LogP contribution in [0.4, 0.5) is 23.0 Å². The minimum absolute atomic E-state index is 0. The van der Waals surface area contributed by atoms with E-state index < -0.39 is 0 Å². The molecule has 0 radical (unpaired) electrons. The van der Waals surface area contributed by atoms with Crippen LogP contribution in [0.25, 0.3) is 27.5 Å². The van der Waals surface area contributed by atoms with Crippen molar-refractivity contribution >= 4 is 44.8 Å². The van der Waals surface area contributed by atoms with E-state index in [1.54, 1.807) is 0 Å². The van der Waals surface area contributed by atoms with Crippen LogP contribution in [0.2, 0.25) is 0 Å². The molecule has 47 heavy (non-hydrogen) atoms. The largest absolute Gasteiger partial charge is 0.519 e. The van der Waals surface area contributed by atoms with Gasteiger partial charge in [0.15, 0.2) is 0 Å². The molecule has 3 aromatic heterocycles. The second-order valence-electron chi connectivity index (χ2n) is 11.0. The zero-order valence-corrected chi connectivity index (χ0v) is 28.7. The van der Waals surface area contributed by atoms with Crippen LogP contribution in [0.15, 0.2) is 62.0 Å². The number of nitrogens with zero attached hydrogens (tertiary/aromatic N) is 12. The van der Waals surface area contributed by atoms with E-state index in [-0.39, 0.29) is 40.8 Å². The maximum Gasteiger partial charge on any atom is 0.0112 e. The molecule has 0 unspecified atom stereocenters. The van der Waals surface area contributed by atoms with Gasteiger partial charge in [0, 0.05) is 52.5 Å². The summed E-state index contributed by atoms with van der Waals surface area (Å²) in [5.41, 5.74) is 3.71. The number of nitriles is 1. The van der Waals surface area contributed by atoms with E-state index in [9.17, 15) is 5.26 Å². The summed E-state index contributed by atoms with van der Waals surface area (Å²) in [6, 6.07) is 16.6. The van der Waals surface area contributed by atoms with Crippen LogP contribution in [-0.2, 0) is 40.8 Å². The van der Waals surface area contributed by atoms with Gasteiger partial charge in [-0.2, -0.15) is 38.8 Å². The van der Waals surface area contributed by atoms with Crippen molar-refractivity contribution < 1.29 is 40.8 Å². The molecule has 0 fully saturated rings. The molecule has 0 spiro atoms. The second kappa shape index (κ2) is 12.6. The third-order valence-electron chi connectivity index (χ3n) is 7.70. The van der Waals surface area contributed by atoms with Crippen molar-refractivity contribution in [1.82, 2.24) is 34.1 Å². The van der Waals surface area contributed by atoms with Crippen LogP contribution < -0.4 is 19.6 Å². The molecule has 0 amide bonds. The van der Waals surface area contributed by atoms with Gasteiger partial charge >= 0.3 is 0 Å². The average Bonchev–Trinajstić information content (AvgIpc) is 3.88. The first-order chi connectivity index (χ1) is 21.9. The van der Waals surface area contributed by atoms with Crippen molar-refractivity contribution in [2.24, 2.45) is 0 Å². The predicted molar refractivity (Wildman–Crippen MR) is 171 cm³/mol. The molecular formula is C33H26N12Pd2-8. The summed E-state index contributed by atoms with van der Waals surface area (Å²) in [5, 5.41) is 12.2. The van der Waals surface area contributed by atoms with Crippen LogP contribution in [0.5, 0.6) is 0 Å². The third-order valence-corrected chi connectivity index (χ3v) is 7.70. The average molecular weight is 803 g/mol. The summed E-state index contributed by atoms with van der Waals surface area (Å²) in [4.78, 5) is 24.9. The van der Waals surface area contributed by atoms with Crippen molar-refractivity contribution in [2.75, 3.05) is 47.8 Å². The molecule has 0 saturated carbocycles. The minimum atomic E-state index is 0. The fraction of sp³-hybridized carbons (Fsp3) is 0.121. The standard InChI is InChI=1S/C33H26N12.2Pd/c1-37-5-9-41(20-37)28-13-24(14-29(25(28)17-34)42-10-6-38(2)21-42)45-30-15-32(43-11-7-39(3)22-43)35-18-26(30)27-19-36-33(16-31(27)45)44-12-8-40(4)23-44;;/h5-12,18-23H,1-4H3;;/q-8;;. The Morgan fingerprint density at radius 2 is 0.957 bits per heavy atom. The van der Waals surface area contributed by atoms with Crippen LogP contribution in [0.1, 0.15) is 5.56 Å². The maximum atomic E-state index is 10.5. The van der Waals surface area contributed by atoms with Gasteiger partial charge in [0.1, 0.15) is 0 Å². The van der Waals surface area contributed by atoms with Gasteiger partial charge in [0.05, 0.1) is 0 Å². The summed E-state index contributed by atoms with van der Waals surface area (Å²) in [5.74, 6) is 1.25.